The molecule has 0 aliphatic rings. The Balaban J connectivity index is 2.81. The van der Waals surface area contributed by atoms with E-state index in [1.807, 2.05) is 6.07 Å². The molecule has 0 saturated heterocycles. The summed E-state index contributed by atoms with van der Waals surface area (Å²) >= 11 is 3.65. The minimum atomic E-state index is -3.36. The summed E-state index contributed by atoms with van der Waals surface area (Å²) in [5, 5.41) is 6.65. The van der Waals surface area contributed by atoms with E-state index in [4.69, 9.17) is 5.14 Å². The monoisotopic (exact) mass is 303 g/mol. The summed E-state index contributed by atoms with van der Waals surface area (Å²) in [7, 11) is -3.36. The van der Waals surface area contributed by atoms with Crippen LogP contribution in [0.4, 0.5) is 0 Å². The minimum absolute atomic E-state index is 0.0630. The van der Waals surface area contributed by atoms with Gasteiger partial charge in [-0.3, -0.25) is 0 Å². The number of primary sulfonamides is 1. The van der Waals surface area contributed by atoms with E-state index in [-0.39, 0.29) is 5.75 Å². The van der Waals surface area contributed by atoms with Gasteiger partial charge in [-0.15, -0.1) is 11.3 Å². The molecule has 0 bridgehead atoms. The molecule has 0 aliphatic heterocycles. The Bertz CT molecular complexity index is 343. The molecule has 0 unspecified atom stereocenters. The van der Waals surface area contributed by atoms with Crippen LogP contribution < -0.4 is 5.14 Å². The van der Waals surface area contributed by atoms with E-state index in [2.05, 4.69) is 22.6 Å². The number of hydrogen-bond donors (Lipinski definition) is 1. The van der Waals surface area contributed by atoms with Crippen LogP contribution >= 0.6 is 33.9 Å². The van der Waals surface area contributed by atoms with Gasteiger partial charge in [0.15, 0.2) is 0 Å². The average Bonchev–Trinajstić information content (AvgIpc) is 2.10. The van der Waals surface area contributed by atoms with Crippen molar-refractivity contribution in [1.29, 1.82) is 0 Å². The van der Waals surface area contributed by atoms with Crippen molar-refractivity contribution in [3.63, 3.8) is 0 Å². The lowest BCUT2D eigenvalue weighted by atomic mass is 10.4. The van der Waals surface area contributed by atoms with E-state index >= 15 is 0 Å². The lowest BCUT2D eigenvalue weighted by Gasteiger charge is -1.91. The van der Waals surface area contributed by atoms with Crippen LogP contribution in [0.5, 0.6) is 0 Å². The fourth-order valence-corrected chi connectivity index (χ4v) is 2.81. The molecular formula is C5H6INO2S2. The highest BCUT2D eigenvalue weighted by molar-refractivity contribution is 14.1. The van der Waals surface area contributed by atoms with Gasteiger partial charge in [0.1, 0.15) is 0 Å². The first kappa shape index (κ1) is 9.43. The average molecular weight is 303 g/mol. The van der Waals surface area contributed by atoms with Gasteiger partial charge in [-0.1, -0.05) is 0 Å². The molecule has 0 saturated carbocycles. The number of halogens is 1. The van der Waals surface area contributed by atoms with Gasteiger partial charge in [0.05, 0.1) is 8.64 Å². The Morgan fingerprint density at radius 1 is 1.64 bits per heavy atom. The number of rotatable bonds is 2. The van der Waals surface area contributed by atoms with Crippen LogP contribution in [0.1, 0.15) is 5.56 Å². The first-order valence-corrected chi connectivity index (χ1v) is 6.38. The van der Waals surface area contributed by atoms with Crippen molar-refractivity contribution >= 4 is 44.0 Å². The molecular weight excluding hydrogens is 297 g/mol. The topological polar surface area (TPSA) is 60.2 Å². The quantitative estimate of drug-likeness (QED) is 0.833. The van der Waals surface area contributed by atoms with Crippen molar-refractivity contribution in [3.8, 4) is 0 Å². The standard InChI is InChI=1S/C5H6INO2S2/c6-5-1-4(2-10-5)3-11(7,8)9/h1-2H,3H2,(H2,7,8,9). The Morgan fingerprint density at radius 3 is 2.64 bits per heavy atom. The van der Waals surface area contributed by atoms with Gasteiger partial charge in [0.2, 0.25) is 10.0 Å². The van der Waals surface area contributed by atoms with Crippen molar-refractivity contribution in [3.05, 3.63) is 19.9 Å². The summed E-state index contributed by atoms with van der Waals surface area (Å²) in [4.78, 5) is 0. The predicted octanol–water partition coefficient (Wildman–Crippen LogP) is 1.14. The Labute approximate surface area is 82.8 Å². The van der Waals surface area contributed by atoms with Crippen LogP contribution in [0, 0.1) is 2.88 Å². The van der Waals surface area contributed by atoms with Gasteiger partial charge >= 0.3 is 0 Å². The largest absolute Gasteiger partial charge is 0.228 e. The van der Waals surface area contributed by atoms with Crippen LogP contribution in [0.15, 0.2) is 11.4 Å². The second-order valence-corrected chi connectivity index (χ2v) is 6.49. The van der Waals surface area contributed by atoms with Crippen molar-refractivity contribution in [2.45, 2.75) is 5.75 Å². The first-order chi connectivity index (χ1) is 4.97. The van der Waals surface area contributed by atoms with Gasteiger partial charge in [-0.05, 0) is 39.6 Å². The Hall–Kier alpha value is 0.340. The Morgan fingerprint density at radius 2 is 2.27 bits per heavy atom. The van der Waals surface area contributed by atoms with E-state index in [1.165, 1.54) is 11.3 Å². The second-order valence-electron chi connectivity index (χ2n) is 2.07. The van der Waals surface area contributed by atoms with Crippen LogP contribution in [-0.2, 0) is 15.8 Å². The molecule has 2 N–H and O–H groups in total. The van der Waals surface area contributed by atoms with Gasteiger partial charge in [0.25, 0.3) is 0 Å². The Kier molecular flexibility index (Phi) is 2.90. The first-order valence-electron chi connectivity index (χ1n) is 2.71. The highest BCUT2D eigenvalue weighted by Crippen LogP contribution is 2.17. The van der Waals surface area contributed by atoms with Crippen LogP contribution in [-0.4, -0.2) is 8.42 Å². The predicted molar refractivity (Wildman–Crippen MR) is 53.8 cm³/mol. The molecule has 0 atom stereocenters. The fourth-order valence-electron chi connectivity index (χ4n) is 0.654. The van der Waals surface area contributed by atoms with Crippen LogP contribution in [0.25, 0.3) is 0 Å². The molecule has 1 rings (SSSR count). The molecule has 11 heavy (non-hydrogen) atoms. The van der Waals surface area contributed by atoms with E-state index in [9.17, 15) is 8.42 Å². The summed E-state index contributed by atoms with van der Waals surface area (Å²) in [6, 6.07) is 1.82. The zero-order valence-electron chi connectivity index (χ0n) is 5.45. The van der Waals surface area contributed by atoms with E-state index < -0.39 is 10.0 Å². The molecule has 0 amide bonds. The third-order valence-electron chi connectivity index (χ3n) is 0.990. The van der Waals surface area contributed by atoms with E-state index in [0.717, 1.165) is 8.45 Å². The summed E-state index contributed by atoms with van der Waals surface area (Å²) < 4.78 is 22.3. The maximum atomic E-state index is 10.6. The SMILES string of the molecule is NS(=O)(=O)Cc1csc(I)c1. The van der Waals surface area contributed by atoms with Crippen LogP contribution in [0.3, 0.4) is 0 Å². The minimum Gasteiger partial charge on any atom is -0.228 e. The summed E-state index contributed by atoms with van der Waals surface area (Å²) in [5.41, 5.74) is 0.766. The summed E-state index contributed by atoms with van der Waals surface area (Å²) in [6.07, 6.45) is 0. The lowest BCUT2D eigenvalue weighted by molar-refractivity contribution is 0.597. The van der Waals surface area contributed by atoms with E-state index in [0.29, 0.717) is 0 Å². The molecule has 0 aromatic carbocycles. The third-order valence-corrected chi connectivity index (χ3v) is 3.56. The number of thiophene rings is 1. The molecule has 0 spiro atoms. The van der Waals surface area contributed by atoms with Crippen LogP contribution in [0.2, 0.25) is 0 Å². The highest BCUT2D eigenvalue weighted by Gasteiger charge is 2.05. The zero-order chi connectivity index (χ0) is 8.48. The molecule has 0 fully saturated rings. The number of nitrogens with two attached hydrogens (primary N) is 1. The lowest BCUT2D eigenvalue weighted by Crippen LogP contribution is -2.13. The molecule has 6 heteroatoms. The van der Waals surface area contributed by atoms with Gasteiger partial charge in [0, 0.05) is 0 Å². The van der Waals surface area contributed by atoms with Gasteiger partial charge in [-0.25, -0.2) is 13.6 Å². The van der Waals surface area contributed by atoms with E-state index in [1.54, 1.807) is 5.38 Å². The molecule has 3 nitrogen and oxygen atoms in total. The molecule has 0 aliphatic carbocycles. The van der Waals surface area contributed by atoms with Crippen molar-refractivity contribution in [2.24, 2.45) is 5.14 Å². The van der Waals surface area contributed by atoms with Crippen molar-refractivity contribution in [1.82, 2.24) is 0 Å². The molecule has 0 radical (unpaired) electrons. The normalized spacial score (nSPS) is 11.8. The molecule has 62 valence electrons. The number of sulfonamides is 1. The molecule has 1 aromatic heterocycles. The van der Waals surface area contributed by atoms with Gasteiger partial charge in [-0.2, -0.15) is 0 Å². The zero-order valence-corrected chi connectivity index (χ0v) is 9.24. The van der Waals surface area contributed by atoms with Gasteiger partial charge < -0.3 is 0 Å². The van der Waals surface area contributed by atoms with Crippen molar-refractivity contribution < 1.29 is 8.42 Å². The third kappa shape index (κ3) is 3.50. The summed E-state index contributed by atoms with van der Waals surface area (Å²) in [5.74, 6) is -0.0630. The smallest absolute Gasteiger partial charge is 0.213 e. The number of hydrogen-bond acceptors (Lipinski definition) is 3. The second kappa shape index (κ2) is 3.38. The molecule has 1 heterocycles. The van der Waals surface area contributed by atoms with Crippen molar-refractivity contribution in [2.75, 3.05) is 0 Å². The fraction of sp³-hybridized carbons (Fsp3) is 0.200. The maximum absolute atomic E-state index is 10.6. The molecule has 1 aromatic rings. The maximum Gasteiger partial charge on any atom is 0.213 e. The highest BCUT2D eigenvalue weighted by atomic mass is 127. The summed E-state index contributed by atoms with van der Waals surface area (Å²) in [6.45, 7) is 0.